The van der Waals surface area contributed by atoms with Crippen LogP contribution in [0.15, 0.2) is 58.4 Å². The average Bonchev–Trinajstić information content (AvgIpc) is 3.25. The van der Waals surface area contributed by atoms with Crippen molar-refractivity contribution in [2.45, 2.75) is 6.92 Å². The number of anilines is 1. The van der Waals surface area contributed by atoms with Crippen molar-refractivity contribution in [3.05, 3.63) is 80.9 Å². The maximum absolute atomic E-state index is 12.3. The van der Waals surface area contributed by atoms with Gasteiger partial charge in [0.25, 0.3) is 5.56 Å². The Balaban J connectivity index is 1.75. The number of ether oxygens (including phenoxy) is 1. The minimum Gasteiger partial charge on any atom is -0.461 e. The topological polar surface area (TPSA) is 117 Å². The molecule has 0 saturated heterocycles. The summed E-state index contributed by atoms with van der Waals surface area (Å²) in [5, 5.41) is 6.88. The van der Waals surface area contributed by atoms with Gasteiger partial charge in [-0.25, -0.2) is 14.3 Å². The van der Waals surface area contributed by atoms with E-state index in [2.05, 4.69) is 10.4 Å². The molecule has 0 atom stereocenters. The number of nitrogens with zero attached hydrogens (tertiary/aromatic N) is 4. The van der Waals surface area contributed by atoms with E-state index in [0.717, 1.165) is 4.57 Å². The second kappa shape index (κ2) is 9.08. The fraction of sp³-hybridized carbons (Fsp3) is 0.190. The average molecular weight is 423 g/mol. The molecule has 0 aliphatic heterocycles. The van der Waals surface area contributed by atoms with Crippen molar-refractivity contribution in [3.63, 3.8) is 0 Å². The number of amides is 1. The van der Waals surface area contributed by atoms with Crippen LogP contribution in [0.3, 0.4) is 0 Å². The molecule has 0 unspecified atom stereocenters. The van der Waals surface area contributed by atoms with Gasteiger partial charge < -0.3 is 14.6 Å². The van der Waals surface area contributed by atoms with E-state index in [0.29, 0.717) is 11.4 Å². The van der Waals surface area contributed by atoms with E-state index >= 15 is 0 Å². The lowest BCUT2D eigenvalue weighted by Crippen LogP contribution is -2.37. The maximum Gasteiger partial charge on any atom is 0.358 e. The summed E-state index contributed by atoms with van der Waals surface area (Å²) in [4.78, 5) is 47.9. The van der Waals surface area contributed by atoms with E-state index < -0.39 is 23.1 Å². The highest BCUT2D eigenvalue weighted by atomic mass is 16.5. The molecule has 0 radical (unpaired) electrons. The largest absolute Gasteiger partial charge is 0.461 e. The third-order valence-electron chi connectivity index (χ3n) is 4.34. The number of hydrogen-bond acceptors (Lipinski definition) is 6. The van der Waals surface area contributed by atoms with Gasteiger partial charge in [-0.2, -0.15) is 5.10 Å². The second-order valence-electron chi connectivity index (χ2n) is 6.58. The van der Waals surface area contributed by atoms with Gasteiger partial charge >= 0.3 is 11.7 Å². The van der Waals surface area contributed by atoms with Gasteiger partial charge in [0.2, 0.25) is 5.91 Å². The van der Waals surface area contributed by atoms with Crippen molar-refractivity contribution in [3.8, 4) is 5.69 Å². The van der Waals surface area contributed by atoms with Gasteiger partial charge in [-0.3, -0.25) is 14.2 Å². The van der Waals surface area contributed by atoms with Gasteiger partial charge in [-0.05, 0) is 37.3 Å². The van der Waals surface area contributed by atoms with Crippen molar-refractivity contribution in [1.29, 1.82) is 0 Å². The summed E-state index contributed by atoms with van der Waals surface area (Å²) in [6.07, 6.45) is 5.54. The number of rotatable bonds is 6. The van der Waals surface area contributed by atoms with Gasteiger partial charge in [0.15, 0.2) is 5.69 Å². The van der Waals surface area contributed by atoms with Gasteiger partial charge in [-0.1, -0.05) is 6.07 Å². The molecule has 31 heavy (non-hydrogen) atoms. The highest BCUT2D eigenvalue weighted by molar-refractivity contribution is 6.02. The first-order valence-electron chi connectivity index (χ1n) is 9.39. The molecule has 3 rings (SSSR count). The Bertz CT molecular complexity index is 1280. The lowest BCUT2D eigenvalue weighted by atomic mass is 10.2. The first-order valence-corrected chi connectivity index (χ1v) is 9.39. The molecular formula is C21H21N5O5. The SMILES string of the molecule is CCOC(=O)c1ccn(-c2cccc(NC(=O)/C=C/c3cn(C)c(=O)n(C)c3=O)c2)n1. The van der Waals surface area contributed by atoms with Crippen LogP contribution in [0.1, 0.15) is 23.0 Å². The van der Waals surface area contributed by atoms with Gasteiger partial charge in [0.1, 0.15) is 0 Å². The number of carbonyl (C=O) groups is 2. The number of hydrogen-bond donors (Lipinski definition) is 1. The summed E-state index contributed by atoms with van der Waals surface area (Å²) in [5.41, 5.74) is 0.561. The van der Waals surface area contributed by atoms with Crippen LogP contribution in [0, 0.1) is 0 Å². The molecule has 1 N–H and O–H groups in total. The van der Waals surface area contributed by atoms with Crippen LogP contribution >= 0.6 is 0 Å². The van der Waals surface area contributed by atoms with Gasteiger partial charge in [0, 0.05) is 38.3 Å². The second-order valence-corrected chi connectivity index (χ2v) is 6.58. The summed E-state index contributed by atoms with van der Waals surface area (Å²) >= 11 is 0. The van der Waals surface area contributed by atoms with Crippen molar-refractivity contribution < 1.29 is 14.3 Å². The highest BCUT2D eigenvalue weighted by Gasteiger charge is 2.11. The molecule has 10 nitrogen and oxygen atoms in total. The molecular weight excluding hydrogens is 402 g/mol. The van der Waals surface area contributed by atoms with Crippen LogP contribution in [-0.4, -0.2) is 37.4 Å². The summed E-state index contributed by atoms with van der Waals surface area (Å²) in [5.74, 6) is -0.971. The summed E-state index contributed by atoms with van der Waals surface area (Å²) in [7, 11) is 2.89. The molecule has 1 amide bonds. The van der Waals surface area contributed by atoms with Crippen LogP contribution in [0.5, 0.6) is 0 Å². The first kappa shape index (κ1) is 21.5. The molecule has 2 aromatic heterocycles. The van der Waals surface area contributed by atoms with E-state index in [4.69, 9.17) is 4.74 Å². The van der Waals surface area contributed by atoms with E-state index in [9.17, 15) is 19.2 Å². The Morgan fingerprint density at radius 1 is 1.19 bits per heavy atom. The fourth-order valence-electron chi connectivity index (χ4n) is 2.81. The molecule has 0 aliphatic rings. The smallest absolute Gasteiger partial charge is 0.358 e. The lowest BCUT2D eigenvalue weighted by Gasteiger charge is -2.06. The first-order chi connectivity index (χ1) is 14.8. The molecule has 0 spiro atoms. The normalized spacial score (nSPS) is 10.9. The summed E-state index contributed by atoms with van der Waals surface area (Å²) in [6.45, 7) is 1.97. The summed E-state index contributed by atoms with van der Waals surface area (Å²) < 4.78 is 8.65. The van der Waals surface area contributed by atoms with Crippen molar-refractivity contribution in [2.75, 3.05) is 11.9 Å². The predicted octanol–water partition coefficient (Wildman–Crippen LogP) is 1.10. The Morgan fingerprint density at radius 2 is 1.97 bits per heavy atom. The molecule has 0 saturated carbocycles. The lowest BCUT2D eigenvalue weighted by molar-refractivity contribution is -0.111. The molecule has 0 fully saturated rings. The quantitative estimate of drug-likeness (QED) is 0.469. The van der Waals surface area contributed by atoms with E-state index in [1.165, 1.54) is 41.7 Å². The molecule has 1 aromatic carbocycles. The Labute approximate surface area is 177 Å². The number of carbonyl (C=O) groups excluding carboxylic acids is 2. The van der Waals surface area contributed by atoms with Gasteiger partial charge in [0.05, 0.1) is 17.9 Å². The molecule has 0 aliphatic carbocycles. The predicted molar refractivity (Wildman–Crippen MR) is 114 cm³/mol. The number of aromatic nitrogens is 4. The highest BCUT2D eigenvalue weighted by Crippen LogP contribution is 2.15. The minimum atomic E-state index is -0.514. The van der Waals surface area contributed by atoms with Gasteiger partial charge in [-0.15, -0.1) is 0 Å². The Kier molecular flexibility index (Phi) is 6.29. The fourth-order valence-corrected chi connectivity index (χ4v) is 2.81. The zero-order valence-electron chi connectivity index (χ0n) is 17.2. The molecule has 0 bridgehead atoms. The summed E-state index contributed by atoms with van der Waals surface area (Å²) in [6, 6.07) is 8.40. The van der Waals surface area contributed by atoms with Crippen LogP contribution < -0.4 is 16.6 Å². The van der Waals surface area contributed by atoms with E-state index in [1.54, 1.807) is 43.5 Å². The molecule has 160 valence electrons. The standard InChI is InChI=1S/C21H21N5O5/c1-4-31-20(29)17-10-11-26(23-17)16-7-5-6-15(12-16)22-18(27)9-8-14-13-24(2)21(30)25(3)19(14)28/h5-13H,4H2,1-3H3,(H,22,27)/b9-8+. The molecule has 10 heteroatoms. The van der Waals surface area contributed by atoms with E-state index in [1.807, 2.05) is 0 Å². The van der Waals surface area contributed by atoms with Crippen LogP contribution in [0.25, 0.3) is 11.8 Å². The Hall–Kier alpha value is -4.21. The van der Waals surface area contributed by atoms with Crippen LogP contribution in [0.2, 0.25) is 0 Å². The number of nitrogens with one attached hydrogen (secondary N) is 1. The number of aryl methyl sites for hydroxylation is 1. The van der Waals surface area contributed by atoms with Crippen LogP contribution in [-0.2, 0) is 23.6 Å². The van der Waals surface area contributed by atoms with Crippen LogP contribution in [0.4, 0.5) is 5.69 Å². The third kappa shape index (κ3) is 4.86. The van der Waals surface area contributed by atoms with Crippen molar-refractivity contribution >= 4 is 23.6 Å². The number of benzene rings is 1. The molecule has 3 aromatic rings. The van der Waals surface area contributed by atoms with Crippen molar-refractivity contribution in [2.24, 2.45) is 14.1 Å². The monoisotopic (exact) mass is 423 g/mol. The minimum absolute atomic E-state index is 0.179. The van der Waals surface area contributed by atoms with E-state index in [-0.39, 0.29) is 17.9 Å². The third-order valence-corrected chi connectivity index (χ3v) is 4.34. The van der Waals surface area contributed by atoms with Crippen molar-refractivity contribution in [1.82, 2.24) is 18.9 Å². The zero-order valence-corrected chi connectivity index (χ0v) is 17.2. The zero-order chi connectivity index (χ0) is 22.5. The molecule has 2 heterocycles. The maximum atomic E-state index is 12.3. The number of esters is 1. The Morgan fingerprint density at radius 3 is 2.71 bits per heavy atom.